The second kappa shape index (κ2) is 5.46. The number of halogens is 1. The van der Waals surface area contributed by atoms with Crippen LogP contribution in [0.5, 0.6) is 0 Å². The van der Waals surface area contributed by atoms with Gasteiger partial charge in [0.15, 0.2) is 0 Å². The molecule has 1 aliphatic rings. The number of likely N-dealkylation sites (tertiary alicyclic amines) is 1. The van der Waals surface area contributed by atoms with E-state index in [0.29, 0.717) is 6.04 Å². The maximum absolute atomic E-state index is 11.9. The maximum Gasteiger partial charge on any atom is 0.252 e. The average molecular weight is 350 g/mol. The highest BCUT2D eigenvalue weighted by molar-refractivity contribution is 14.1. The van der Waals surface area contributed by atoms with Crippen LogP contribution in [0.2, 0.25) is 0 Å². The standard InChI is InChI=1S/C11H15IN2OS/c1-14-4-2-9(3-5-14)13-11(15)8-6-10(12)16-7-8/h6-7,9H,2-5H2,1H3,(H,13,15). The number of carbonyl (C=O) groups excluding carboxylic acids is 1. The molecule has 1 aromatic heterocycles. The van der Waals surface area contributed by atoms with Crippen LogP contribution >= 0.6 is 33.9 Å². The van der Waals surface area contributed by atoms with Gasteiger partial charge in [0.1, 0.15) is 0 Å². The van der Waals surface area contributed by atoms with Gasteiger partial charge in [0, 0.05) is 11.4 Å². The van der Waals surface area contributed by atoms with Crippen LogP contribution in [0.3, 0.4) is 0 Å². The van der Waals surface area contributed by atoms with Crippen LogP contribution in [0.1, 0.15) is 23.2 Å². The van der Waals surface area contributed by atoms with Gasteiger partial charge in [0.25, 0.3) is 5.91 Å². The Balaban J connectivity index is 1.88. The molecule has 0 radical (unpaired) electrons. The van der Waals surface area contributed by atoms with Gasteiger partial charge in [0.05, 0.1) is 8.45 Å². The number of hydrogen-bond acceptors (Lipinski definition) is 3. The molecule has 0 saturated carbocycles. The molecule has 3 nitrogen and oxygen atoms in total. The molecule has 1 N–H and O–H groups in total. The number of rotatable bonds is 2. The lowest BCUT2D eigenvalue weighted by Gasteiger charge is -2.29. The largest absolute Gasteiger partial charge is 0.349 e. The van der Waals surface area contributed by atoms with Gasteiger partial charge in [-0.2, -0.15) is 0 Å². The van der Waals surface area contributed by atoms with E-state index in [1.54, 1.807) is 11.3 Å². The van der Waals surface area contributed by atoms with E-state index in [0.717, 1.165) is 34.4 Å². The first kappa shape index (κ1) is 12.3. The Morgan fingerprint density at radius 3 is 2.81 bits per heavy atom. The molecule has 1 aromatic rings. The summed E-state index contributed by atoms with van der Waals surface area (Å²) in [5.41, 5.74) is 0.799. The molecule has 16 heavy (non-hydrogen) atoms. The van der Waals surface area contributed by atoms with Gasteiger partial charge >= 0.3 is 0 Å². The summed E-state index contributed by atoms with van der Waals surface area (Å²) in [7, 11) is 2.12. The lowest BCUT2D eigenvalue weighted by molar-refractivity contribution is 0.0917. The maximum atomic E-state index is 11.9. The highest BCUT2D eigenvalue weighted by atomic mass is 127. The fourth-order valence-electron chi connectivity index (χ4n) is 1.85. The third-order valence-electron chi connectivity index (χ3n) is 2.88. The van der Waals surface area contributed by atoms with Crippen molar-refractivity contribution in [1.82, 2.24) is 10.2 Å². The van der Waals surface area contributed by atoms with E-state index in [4.69, 9.17) is 0 Å². The molecule has 0 aromatic carbocycles. The topological polar surface area (TPSA) is 32.3 Å². The van der Waals surface area contributed by atoms with Crippen molar-refractivity contribution in [3.63, 3.8) is 0 Å². The molecular weight excluding hydrogens is 335 g/mol. The van der Waals surface area contributed by atoms with Crippen molar-refractivity contribution in [2.24, 2.45) is 0 Å². The average Bonchev–Trinajstić information content (AvgIpc) is 2.68. The molecule has 1 fully saturated rings. The Morgan fingerprint density at radius 2 is 2.25 bits per heavy atom. The molecule has 1 aliphatic heterocycles. The molecule has 0 aliphatic carbocycles. The van der Waals surface area contributed by atoms with Gasteiger partial charge in [-0.25, -0.2) is 0 Å². The predicted molar refractivity (Wildman–Crippen MR) is 75.0 cm³/mol. The SMILES string of the molecule is CN1CCC(NC(=O)c2csc(I)c2)CC1. The Labute approximate surface area is 113 Å². The molecule has 0 bridgehead atoms. The number of hydrogen-bond donors (Lipinski definition) is 1. The van der Waals surface area contributed by atoms with Gasteiger partial charge in [-0.1, -0.05) is 0 Å². The van der Waals surface area contributed by atoms with E-state index < -0.39 is 0 Å². The Kier molecular flexibility index (Phi) is 4.21. The second-order valence-electron chi connectivity index (χ2n) is 4.19. The van der Waals surface area contributed by atoms with Crippen molar-refractivity contribution < 1.29 is 4.79 Å². The van der Waals surface area contributed by atoms with Gasteiger partial charge < -0.3 is 10.2 Å². The molecule has 0 spiro atoms. The summed E-state index contributed by atoms with van der Waals surface area (Å²) >= 11 is 3.85. The minimum absolute atomic E-state index is 0.0775. The fourth-order valence-corrected chi connectivity index (χ4v) is 3.18. The van der Waals surface area contributed by atoms with Gasteiger partial charge in [-0.15, -0.1) is 11.3 Å². The monoisotopic (exact) mass is 350 g/mol. The Hall–Kier alpha value is -0.140. The lowest BCUT2D eigenvalue weighted by Crippen LogP contribution is -2.43. The van der Waals surface area contributed by atoms with Crippen molar-refractivity contribution in [2.75, 3.05) is 20.1 Å². The van der Waals surface area contributed by atoms with Crippen molar-refractivity contribution >= 4 is 39.8 Å². The normalized spacial score (nSPS) is 18.6. The summed E-state index contributed by atoms with van der Waals surface area (Å²) in [6, 6.07) is 2.29. The quantitative estimate of drug-likeness (QED) is 0.830. The molecule has 1 saturated heterocycles. The van der Waals surface area contributed by atoms with Crippen LogP contribution < -0.4 is 5.32 Å². The van der Waals surface area contributed by atoms with Crippen LogP contribution in [-0.4, -0.2) is 37.0 Å². The minimum atomic E-state index is 0.0775. The smallest absolute Gasteiger partial charge is 0.252 e. The van der Waals surface area contributed by atoms with E-state index in [-0.39, 0.29) is 5.91 Å². The third kappa shape index (κ3) is 3.18. The lowest BCUT2D eigenvalue weighted by atomic mass is 10.1. The molecule has 88 valence electrons. The van der Waals surface area contributed by atoms with Crippen LogP contribution in [0, 0.1) is 2.88 Å². The zero-order chi connectivity index (χ0) is 11.5. The zero-order valence-corrected chi connectivity index (χ0v) is 12.2. The highest BCUT2D eigenvalue weighted by Gasteiger charge is 2.19. The van der Waals surface area contributed by atoms with E-state index in [1.807, 2.05) is 11.4 Å². The Bertz CT molecular complexity index is 372. The highest BCUT2D eigenvalue weighted by Crippen LogP contribution is 2.17. The van der Waals surface area contributed by atoms with Gasteiger partial charge in [-0.05, 0) is 61.6 Å². The molecular formula is C11H15IN2OS. The third-order valence-corrected chi connectivity index (χ3v) is 4.67. The first-order valence-electron chi connectivity index (χ1n) is 5.38. The first-order chi connectivity index (χ1) is 7.65. The van der Waals surface area contributed by atoms with Crippen LogP contribution in [0.4, 0.5) is 0 Å². The number of nitrogens with zero attached hydrogens (tertiary/aromatic N) is 1. The molecule has 1 amide bonds. The molecule has 2 heterocycles. The summed E-state index contributed by atoms with van der Waals surface area (Å²) < 4.78 is 1.16. The van der Waals surface area contributed by atoms with Crippen molar-refractivity contribution in [2.45, 2.75) is 18.9 Å². The molecule has 2 rings (SSSR count). The van der Waals surface area contributed by atoms with Crippen molar-refractivity contribution in [3.05, 3.63) is 19.9 Å². The number of carbonyl (C=O) groups is 1. The minimum Gasteiger partial charge on any atom is -0.349 e. The van der Waals surface area contributed by atoms with E-state index in [1.165, 1.54) is 0 Å². The molecule has 0 atom stereocenters. The molecule has 0 unspecified atom stereocenters. The zero-order valence-electron chi connectivity index (χ0n) is 9.20. The number of piperidine rings is 1. The summed E-state index contributed by atoms with van der Waals surface area (Å²) in [4.78, 5) is 14.2. The number of thiophene rings is 1. The number of amides is 1. The first-order valence-corrected chi connectivity index (χ1v) is 7.34. The van der Waals surface area contributed by atoms with Crippen LogP contribution in [-0.2, 0) is 0 Å². The van der Waals surface area contributed by atoms with Gasteiger partial charge in [0.2, 0.25) is 0 Å². The fraction of sp³-hybridized carbons (Fsp3) is 0.545. The number of nitrogens with one attached hydrogen (secondary N) is 1. The summed E-state index contributed by atoms with van der Waals surface area (Å²) in [6.07, 6.45) is 2.12. The Morgan fingerprint density at radius 1 is 1.56 bits per heavy atom. The predicted octanol–water partition coefficient (Wildman–Crippen LogP) is 2.18. The van der Waals surface area contributed by atoms with Crippen LogP contribution in [0.15, 0.2) is 11.4 Å². The summed E-state index contributed by atoms with van der Waals surface area (Å²) in [5, 5.41) is 5.03. The van der Waals surface area contributed by atoms with Gasteiger partial charge in [-0.3, -0.25) is 4.79 Å². The second-order valence-corrected chi connectivity index (χ2v) is 7.00. The van der Waals surface area contributed by atoms with E-state index >= 15 is 0 Å². The van der Waals surface area contributed by atoms with Crippen molar-refractivity contribution in [3.8, 4) is 0 Å². The van der Waals surface area contributed by atoms with E-state index in [2.05, 4.69) is 39.9 Å². The van der Waals surface area contributed by atoms with E-state index in [9.17, 15) is 4.79 Å². The summed E-state index contributed by atoms with van der Waals surface area (Å²) in [5.74, 6) is 0.0775. The summed E-state index contributed by atoms with van der Waals surface area (Å²) in [6.45, 7) is 2.15. The van der Waals surface area contributed by atoms with Crippen molar-refractivity contribution in [1.29, 1.82) is 0 Å². The molecule has 5 heteroatoms. The van der Waals surface area contributed by atoms with Crippen LogP contribution in [0.25, 0.3) is 0 Å².